The lowest BCUT2D eigenvalue weighted by atomic mass is 10.4. The van der Waals surface area contributed by atoms with E-state index in [1.165, 1.54) is 11.3 Å². The van der Waals surface area contributed by atoms with Crippen LogP contribution in [0.1, 0.15) is 9.67 Å². The molecule has 0 aliphatic heterocycles. The molecule has 1 amide bonds. The summed E-state index contributed by atoms with van der Waals surface area (Å²) in [4.78, 5) is 14.0. The first-order valence-electron chi connectivity index (χ1n) is 3.77. The number of carbonyl (C=O) groups excluding carboxylic acids is 1. The van der Waals surface area contributed by atoms with E-state index in [4.69, 9.17) is 0 Å². The molecule has 0 atom stereocenters. The molecule has 4 heteroatoms. The molecule has 1 rings (SSSR count). The van der Waals surface area contributed by atoms with Gasteiger partial charge in [0.2, 0.25) is 0 Å². The van der Waals surface area contributed by atoms with E-state index < -0.39 is 0 Å². The molecule has 1 aromatic rings. The number of hydrogen-bond donors (Lipinski definition) is 0. The van der Waals surface area contributed by atoms with Crippen molar-refractivity contribution < 1.29 is 4.79 Å². The molecule has 0 unspecified atom stereocenters. The zero-order chi connectivity index (χ0) is 9.84. The van der Waals surface area contributed by atoms with Gasteiger partial charge < -0.3 is 4.90 Å². The van der Waals surface area contributed by atoms with Crippen LogP contribution in [0.2, 0.25) is 0 Å². The highest BCUT2D eigenvalue weighted by Crippen LogP contribution is 2.22. The summed E-state index contributed by atoms with van der Waals surface area (Å²) in [6.07, 6.45) is 1.71. The fourth-order valence-corrected chi connectivity index (χ4v) is 2.27. The molecule has 13 heavy (non-hydrogen) atoms. The van der Waals surface area contributed by atoms with Gasteiger partial charge in [0.1, 0.15) is 0 Å². The van der Waals surface area contributed by atoms with Crippen molar-refractivity contribution in [3.8, 4) is 0 Å². The van der Waals surface area contributed by atoms with Crippen molar-refractivity contribution in [1.82, 2.24) is 4.90 Å². The Kier molecular flexibility index (Phi) is 3.69. The summed E-state index contributed by atoms with van der Waals surface area (Å²) in [5, 5.41) is 0. The van der Waals surface area contributed by atoms with Gasteiger partial charge in [0, 0.05) is 13.6 Å². The molecule has 0 bridgehead atoms. The van der Waals surface area contributed by atoms with Crippen molar-refractivity contribution in [2.75, 3.05) is 13.6 Å². The van der Waals surface area contributed by atoms with Gasteiger partial charge >= 0.3 is 0 Å². The zero-order valence-corrected chi connectivity index (χ0v) is 9.69. The fourth-order valence-electron chi connectivity index (χ4n) is 0.894. The first-order valence-corrected chi connectivity index (χ1v) is 5.38. The van der Waals surface area contributed by atoms with E-state index in [9.17, 15) is 4.79 Å². The summed E-state index contributed by atoms with van der Waals surface area (Å²) in [7, 11) is 1.76. The first-order chi connectivity index (χ1) is 6.15. The lowest BCUT2D eigenvalue weighted by Crippen LogP contribution is -2.25. The van der Waals surface area contributed by atoms with Gasteiger partial charge in [-0.15, -0.1) is 17.9 Å². The number of thiophene rings is 1. The Morgan fingerprint density at radius 2 is 2.46 bits per heavy atom. The summed E-state index contributed by atoms with van der Waals surface area (Å²) < 4.78 is 0.975. The fraction of sp³-hybridized carbons (Fsp3) is 0.222. The van der Waals surface area contributed by atoms with Crippen molar-refractivity contribution in [3.63, 3.8) is 0 Å². The van der Waals surface area contributed by atoms with E-state index >= 15 is 0 Å². The number of rotatable bonds is 3. The minimum Gasteiger partial charge on any atom is -0.337 e. The Hall–Kier alpha value is -0.610. The van der Waals surface area contributed by atoms with E-state index in [2.05, 4.69) is 22.5 Å². The van der Waals surface area contributed by atoms with Gasteiger partial charge in [-0.2, -0.15) is 0 Å². The molecule has 1 aromatic heterocycles. The number of hydrogen-bond acceptors (Lipinski definition) is 2. The molecule has 0 saturated heterocycles. The van der Waals surface area contributed by atoms with E-state index in [1.807, 2.05) is 12.1 Å². The third kappa shape index (κ3) is 2.67. The van der Waals surface area contributed by atoms with Crippen LogP contribution >= 0.6 is 27.3 Å². The van der Waals surface area contributed by atoms with E-state index in [0.717, 1.165) is 8.66 Å². The van der Waals surface area contributed by atoms with Crippen molar-refractivity contribution in [2.45, 2.75) is 0 Å². The van der Waals surface area contributed by atoms with Gasteiger partial charge in [-0.05, 0) is 28.1 Å². The number of likely N-dealkylation sites (N-methyl/N-ethyl adjacent to an activating group) is 1. The first kappa shape index (κ1) is 10.5. The van der Waals surface area contributed by atoms with E-state index in [-0.39, 0.29) is 5.91 Å². The lowest BCUT2D eigenvalue weighted by Gasteiger charge is -2.12. The van der Waals surface area contributed by atoms with Gasteiger partial charge in [0.15, 0.2) is 0 Å². The molecule has 1 heterocycles. The molecule has 0 aromatic carbocycles. The topological polar surface area (TPSA) is 20.3 Å². The molecular formula is C9H10BrNOS. The van der Waals surface area contributed by atoms with Crippen LogP contribution < -0.4 is 0 Å². The lowest BCUT2D eigenvalue weighted by molar-refractivity contribution is 0.0815. The quantitative estimate of drug-likeness (QED) is 0.765. The van der Waals surface area contributed by atoms with Gasteiger partial charge in [-0.3, -0.25) is 4.79 Å². The van der Waals surface area contributed by atoms with Gasteiger partial charge in [0.25, 0.3) is 5.91 Å². The molecule has 0 aliphatic rings. The number of carbonyl (C=O) groups is 1. The molecule has 0 spiro atoms. The normalized spacial score (nSPS) is 9.69. The predicted octanol–water partition coefficient (Wildman–Crippen LogP) is 2.77. The van der Waals surface area contributed by atoms with Crippen LogP contribution in [0.5, 0.6) is 0 Å². The van der Waals surface area contributed by atoms with Crippen molar-refractivity contribution >= 4 is 33.2 Å². The average Bonchev–Trinajstić information content (AvgIpc) is 2.51. The molecule has 0 aliphatic carbocycles. The van der Waals surface area contributed by atoms with Crippen LogP contribution in [-0.4, -0.2) is 24.4 Å². The maximum absolute atomic E-state index is 11.6. The second-order valence-corrected chi connectivity index (χ2v) is 5.04. The number of nitrogens with zero attached hydrogens (tertiary/aromatic N) is 1. The molecule has 0 N–H and O–H groups in total. The average molecular weight is 260 g/mol. The number of halogens is 1. The highest BCUT2D eigenvalue weighted by atomic mass is 79.9. The zero-order valence-electron chi connectivity index (χ0n) is 7.29. The second kappa shape index (κ2) is 4.58. The summed E-state index contributed by atoms with van der Waals surface area (Å²) in [5.41, 5.74) is 0. The molecule has 0 radical (unpaired) electrons. The Morgan fingerprint density at radius 3 is 2.92 bits per heavy atom. The van der Waals surface area contributed by atoms with Crippen LogP contribution in [0.15, 0.2) is 28.6 Å². The monoisotopic (exact) mass is 259 g/mol. The second-order valence-electron chi connectivity index (χ2n) is 2.58. The van der Waals surface area contributed by atoms with Crippen molar-refractivity contribution in [1.29, 1.82) is 0 Å². The van der Waals surface area contributed by atoms with Gasteiger partial charge in [0.05, 0.1) is 8.66 Å². The van der Waals surface area contributed by atoms with Crippen LogP contribution in [-0.2, 0) is 0 Å². The largest absolute Gasteiger partial charge is 0.337 e. The van der Waals surface area contributed by atoms with Crippen LogP contribution in [0.4, 0.5) is 0 Å². The molecule has 70 valence electrons. The minimum atomic E-state index is 0.0376. The van der Waals surface area contributed by atoms with Gasteiger partial charge in [-0.1, -0.05) is 6.08 Å². The number of amides is 1. The molecular weight excluding hydrogens is 250 g/mol. The van der Waals surface area contributed by atoms with Crippen molar-refractivity contribution in [3.05, 3.63) is 33.5 Å². The standard InChI is InChI=1S/C9H10BrNOS/c1-3-6-11(2)9(12)7-4-5-8(10)13-7/h3-5H,1,6H2,2H3. The highest BCUT2D eigenvalue weighted by molar-refractivity contribution is 9.11. The Bertz CT molecular complexity index is 321. The highest BCUT2D eigenvalue weighted by Gasteiger charge is 2.11. The molecule has 0 fully saturated rings. The maximum atomic E-state index is 11.6. The summed E-state index contributed by atoms with van der Waals surface area (Å²) >= 11 is 4.76. The third-order valence-electron chi connectivity index (χ3n) is 1.53. The van der Waals surface area contributed by atoms with Crippen LogP contribution in [0, 0.1) is 0 Å². The summed E-state index contributed by atoms with van der Waals surface area (Å²) in [5.74, 6) is 0.0376. The SMILES string of the molecule is C=CCN(C)C(=O)c1ccc(Br)s1. The third-order valence-corrected chi connectivity index (χ3v) is 3.15. The maximum Gasteiger partial charge on any atom is 0.263 e. The van der Waals surface area contributed by atoms with E-state index in [1.54, 1.807) is 18.0 Å². The Balaban J connectivity index is 2.73. The van der Waals surface area contributed by atoms with E-state index in [0.29, 0.717) is 6.54 Å². The minimum absolute atomic E-state index is 0.0376. The van der Waals surface area contributed by atoms with Crippen molar-refractivity contribution in [2.24, 2.45) is 0 Å². The van der Waals surface area contributed by atoms with Crippen LogP contribution in [0.25, 0.3) is 0 Å². The Labute approximate surface area is 90.0 Å². The molecule has 0 saturated carbocycles. The smallest absolute Gasteiger partial charge is 0.263 e. The summed E-state index contributed by atoms with van der Waals surface area (Å²) in [6, 6.07) is 3.69. The van der Waals surface area contributed by atoms with Crippen LogP contribution in [0.3, 0.4) is 0 Å². The predicted molar refractivity (Wildman–Crippen MR) is 59.2 cm³/mol. The molecule has 2 nitrogen and oxygen atoms in total. The summed E-state index contributed by atoms with van der Waals surface area (Å²) in [6.45, 7) is 4.16. The Morgan fingerprint density at radius 1 is 1.77 bits per heavy atom. The van der Waals surface area contributed by atoms with Gasteiger partial charge in [-0.25, -0.2) is 0 Å².